The summed E-state index contributed by atoms with van der Waals surface area (Å²) < 4.78 is 2.27. The summed E-state index contributed by atoms with van der Waals surface area (Å²) in [4.78, 5) is 15.1. The molecule has 1 aliphatic heterocycles. The zero-order valence-corrected chi connectivity index (χ0v) is 15.4. The SMILES string of the molecule is CSc1ccc(CCNc2ncnc3c2nc2n3CCCCC2)cc1. The lowest BCUT2D eigenvalue weighted by Gasteiger charge is -2.07. The van der Waals surface area contributed by atoms with E-state index in [1.807, 2.05) is 0 Å². The van der Waals surface area contributed by atoms with Crippen LogP contribution in [0.5, 0.6) is 0 Å². The number of hydrogen-bond acceptors (Lipinski definition) is 5. The third-order valence-corrected chi connectivity index (χ3v) is 5.50. The summed E-state index contributed by atoms with van der Waals surface area (Å²) in [6.07, 6.45) is 9.45. The number of anilines is 1. The molecule has 0 atom stereocenters. The van der Waals surface area contributed by atoms with Crippen molar-refractivity contribution in [2.75, 3.05) is 18.1 Å². The van der Waals surface area contributed by atoms with Gasteiger partial charge in [-0.1, -0.05) is 18.6 Å². The normalized spacial score (nSPS) is 14.3. The first-order valence-corrected chi connectivity index (χ1v) is 10.1. The Bertz CT molecular complexity index is 856. The maximum absolute atomic E-state index is 4.83. The maximum Gasteiger partial charge on any atom is 0.165 e. The molecule has 4 rings (SSSR count). The number of aromatic nitrogens is 4. The third kappa shape index (κ3) is 3.49. The largest absolute Gasteiger partial charge is 0.368 e. The van der Waals surface area contributed by atoms with Crippen molar-refractivity contribution < 1.29 is 0 Å². The Labute approximate surface area is 152 Å². The number of hydrogen-bond donors (Lipinski definition) is 1. The van der Waals surface area contributed by atoms with Crippen molar-refractivity contribution in [3.8, 4) is 0 Å². The Kier molecular flexibility index (Phi) is 4.88. The molecule has 1 N–H and O–H groups in total. The van der Waals surface area contributed by atoms with Crippen LogP contribution in [-0.4, -0.2) is 32.3 Å². The highest BCUT2D eigenvalue weighted by Crippen LogP contribution is 2.24. The molecule has 0 amide bonds. The molecule has 0 bridgehead atoms. The minimum atomic E-state index is 0.840. The number of nitrogens with one attached hydrogen (secondary N) is 1. The van der Waals surface area contributed by atoms with Gasteiger partial charge in [0.2, 0.25) is 0 Å². The number of fused-ring (bicyclic) bond motifs is 3. The van der Waals surface area contributed by atoms with Gasteiger partial charge < -0.3 is 9.88 Å². The average Bonchev–Trinajstić information content (AvgIpc) is 2.84. The van der Waals surface area contributed by atoms with Crippen molar-refractivity contribution in [3.63, 3.8) is 0 Å². The molecule has 0 radical (unpaired) electrons. The third-order valence-electron chi connectivity index (χ3n) is 4.76. The first-order chi connectivity index (χ1) is 12.3. The molecule has 3 heterocycles. The zero-order valence-electron chi connectivity index (χ0n) is 14.5. The Balaban J connectivity index is 1.49. The monoisotopic (exact) mass is 353 g/mol. The van der Waals surface area contributed by atoms with E-state index in [0.29, 0.717) is 0 Å². The summed E-state index contributed by atoms with van der Waals surface area (Å²) >= 11 is 1.77. The van der Waals surface area contributed by atoms with Crippen LogP contribution in [-0.2, 0) is 19.4 Å². The van der Waals surface area contributed by atoms with Gasteiger partial charge in [0.05, 0.1) is 0 Å². The van der Waals surface area contributed by atoms with Crippen LogP contribution in [0.15, 0.2) is 35.5 Å². The molecule has 0 unspecified atom stereocenters. The van der Waals surface area contributed by atoms with E-state index >= 15 is 0 Å². The van der Waals surface area contributed by atoms with Gasteiger partial charge in [0.15, 0.2) is 17.0 Å². The lowest BCUT2D eigenvalue weighted by Crippen LogP contribution is -2.07. The molecule has 130 valence electrons. The Hall–Kier alpha value is -2.08. The number of benzene rings is 1. The van der Waals surface area contributed by atoms with Gasteiger partial charge in [-0.25, -0.2) is 15.0 Å². The molecule has 0 saturated heterocycles. The summed E-state index contributed by atoms with van der Waals surface area (Å²) in [5.74, 6) is 2.01. The number of thioether (sulfide) groups is 1. The summed E-state index contributed by atoms with van der Waals surface area (Å²) in [6, 6.07) is 8.74. The van der Waals surface area contributed by atoms with E-state index < -0.39 is 0 Å². The van der Waals surface area contributed by atoms with Crippen LogP contribution < -0.4 is 5.32 Å². The lowest BCUT2D eigenvalue weighted by atomic mass is 10.1. The van der Waals surface area contributed by atoms with Gasteiger partial charge in [-0.2, -0.15) is 0 Å². The van der Waals surface area contributed by atoms with Crippen LogP contribution in [0.1, 0.15) is 30.7 Å². The second kappa shape index (κ2) is 7.44. The van der Waals surface area contributed by atoms with Gasteiger partial charge in [0.1, 0.15) is 12.2 Å². The van der Waals surface area contributed by atoms with Gasteiger partial charge in [-0.05, 0) is 43.2 Å². The first-order valence-electron chi connectivity index (χ1n) is 8.92. The van der Waals surface area contributed by atoms with E-state index in [2.05, 4.69) is 50.4 Å². The van der Waals surface area contributed by atoms with Crippen molar-refractivity contribution in [1.82, 2.24) is 19.5 Å². The molecule has 5 nitrogen and oxygen atoms in total. The molecule has 1 aliphatic rings. The second-order valence-electron chi connectivity index (χ2n) is 6.41. The first kappa shape index (κ1) is 16.4. The molecular weight excluding hydrogens is 330 g/mol. The molecule has 0 saturated carbocycles. The number of imidazole rings is 1. The fourth-order valence-corrected chi connectivity index (χ4v) is 3.79. The smallest absolute Gasteiger partial charge is 0.165 e. The van der Waals surface area contributed by atoms with Gasteiger partial charge in [-0.15, -0.1) is 11.8 Å². The van der Waals surface area contributed by atoms with E-state index in [0.717, 1.165) is 48.7 Å². The van der Waals surface area contributed by atoms with Crippen LogP contribution in [0, 0.1) is 0 Å². The quantitative estimate of drug-likeness (QED) is 0.704. The van der Waals surface area contributed by atoms with Gasteiger partial charge in [0, 0.05) is 24.4 Å². The standard InChI is InChI=1S/C19H23N5S/c1-25-15-8-6-14(7-9-15)10-11-20-18-17-19(22-13-21-18)24-12-4-2-3-5-16(24)23-17/h6-9,13H,2-5,10-12H2,1H3,(H,20,21,22). The molecule has 2 aromatic heterocycles. The van der Waals surface area contributed by atoms with E-state index in [9.17, 15) is 0 Å². The minimum Gasteiger partial charge on any atom is -0.368 e. The lowest BCUT2D eigenvalue weighted by molar-refractivity contribution is 0.643. The summed E-state index contributed by atoms with van der Waals surface area (Å²) in [5, 5.41) is 3.46. The molecule has 0 fully saturated rings. The highest BCUT2D eigenvalue weighted by molar-refractivity contribution is 7.98. The second-order valence-corrected chi connectivity index (χ2v) is 7.29. The fraction of sp³-hybridized carbons (Fsp3) is 0.421. The molecule has 25 heavy (non-hydrogen) atoms. The Morgan fingerprint density at radius 2 is 2.00 bits per heavy atom. The van der Waals surface area contributed by atoms with Crippen molar-refractivity contribution in [2.45, 2.75) is 43.5 Å². The molecule has 0 spiro atoms. The summed E-state index contributed by atoms with van der Waals surface area (Å²) in [6.45, 7) is 1.86. The van der Waals surface area contributed by atoms with E-state index in [1.54, 1.807) is 18.1 Å². The summed E-state index contributed by atoms with van der Waals surface area (Å²) in [7, 11) is 0. The van der Waals surface area contributed by atoms with E-state index in [4.69, 9.17) is 4.98 Å². The van der Waals surface area contributed by atoms with Gasteiger partial charge in [-0.3, -0.25) is 0 Å². The van der Waals surface area contributed by atoms with Crippen LogP contribution in [0.25, 0.3) is 11.2 Å². The minimum absolute atomic E-state index is 0.840. The highest BCUT2D eigenvalue weighted by atomic mass is 32.2. The van der Waals surface area contributed by atoms with Crippen LogP contribution >= 0.6 is 11.8 Å². The molecule has 3 aromatic rings. The van der Waals surface area contributed by atoms with E-state index in [-0.39, 0.29) is 0 Å². The number of aryl methyl sites for hydroxylation is 2. The topological polar surface area (TPSA) is 55.6 Å². The molecule has 1 aromatic carbocycles. The zero-order chi connectivity index (χ0) is 17.1. The summed E-state index contributed by atoms with van der Waals surface area (Å²) in [5.41, 5.74) is 3.21. The van der Waals surface area contributed by atoms with E-state index in [1.165, 1.54) is 29.7 Å². The average molecular weight is 353 g/mol. The molecule has 0 aliphatic carbocycles. The van der Waals surface area contributed by atoms with Crippen molar-refractivity contribution in [3.05, 3.63) is 42.0 Å². The Morgan fingerprint density at radius 1 is 1.12 bits per heavy atom. The predicted molar refractivity (Wildman–Crippen MR) is 103 cm³/mol. The van der Waals surface area contributed by atoms with Gasteiger partial charge >= 0.3 is 0 Å². The van der Waals surface area contributed by atoms with Crippen LogP contribution in [0.4, 0.5) is 5.82 Å². The number of rotatable bonds is 5. The maximum atomic E-state index is 4.83. The van der Waals surface area contributed by atoms with Crippen molar-refractivity contribution >= 4 is 28.7 Å². The number of nitrogens with zero attached hydrogens (tertiary/aromatic N) is 4. The fourth-order valence-electron chi connectivity index (χ4n) is 3.38. The highest BCUT2D eigenvalue weighted by Gasteiger charge is 2.17. The van der Waals surface area contributed by atoms with Crippen LogP contribution in [0.3, 0.4) is 0 Å². The Morgan fingerprint density at radius 3 is 2.84 bits per heavy atom. The van der Waals surface area contributed by atoms with Crippen molar-refractivity contribution in [1.29, 1.82) is 0 Å². The van der Waals surface area contributed by atoms with Crippen LogP contribution in [0.2, 0.25) is 0 Å². The molecule has 6 heteroatoms. The molecular formula is C19H23N5S. The predicted octanol–water partition coefficient (Wildman–Crippen LogP) is 3.93. The van der Waals surface area contributed by atoms with Gasteiger partial charge in [0.25, 0.3) is 0 Å². The van der Waals surface area contributed by atoms with Crippen molar-refractivity contribution in [2.24, 2.45) is 0 Å².